The van der Waals surface area contributed by atoms with Crippen LogP contribution in [0.3, 0.4) is 0 Å². The van der Waals surface area contributed by atoms with E-state index in [2.05, 4.69) is 15.0 Å². The quantitative estimate of drug-likeness (QED) is 0.596. The fourth-order valence-corrected chi connectivity index (χ4v) is 3.13. The summed E-state index contributed by atoms with van der Waals surface area (Å²) in [6, 6.07) is -0.531. The summed E-state index contributed by atoms with van der Waals surface area (Å²) >= 11 is 0.351. The number of nitrogens with zero attached hydrogens (tertiary/aromatic N) is 4. The highest BCUT2D eigenvalue weighted by molar-refractivity contribution is 7.99. The van der Waals surface area contributed by atoms with Crippen molar-refractivity contribution >= 4 is 29.8 Å². The largest absolute Gasteiger partial charge is 0.387 e. The summed E-state index contributed by atoms with van der Waals surface area (Å²) in [5.74, 6) is -1.92. The first-order valence-corrected chi connectivity index (χ1v) is 7.61. The second-order valence-corrected chi connectivity index (χ2v) is 5.98. The first kappa shape index (κ1) is 15.6. The van der Waals surface area contributed by atoms with Crippen LogP contribution in [0.2, 0.25) is 0 Å². The molecular formula is C11H15F2N5O3S. The van der Waals surface area contributed by atoms with Crippen LogP contribution in [-0.4, -0.2) is 81.9 Å². The van der Waals surface area contributed by atoms with Gasteiger partial charge in [-0.2, -0.15) is 8.78 Å². The monoisotopic (exact) mass is 335 g/mol. The predicted octanol–water partition coefficient (Wildman–Crippen LogP) is -1.17. The van der Waals surface area contributed by atoms with Crippen LogP contribution in [-0.2, 0) is 4.74 Å². The molecule has 0 aromatic carbocycles. The van der Waals surface area contributed by atoms with Gasteiger partial charge in [-0.25, -0.2) is 9.98 Å². The molecule has 1 fully saturated rings. The minimum atomic E-state index is -2.57. The van der Waals surface area contributed by atoms with Crippen LogP contribution in [0.4, 0.5) is 8.78 Å². The van der Waals surface area contributed by atoms with E-state index in [1.165, 1.54) is 11.2 Å². The fourth-order valence-electron chi connectivity index (χ4n) is 2.52. The maximum Gasteiger partial charge on any atom is 0.284 e. The lowest BCUT2D eigenvalue weighted by Gasteiger charge is -2.28. The zero-order chi connectivity index (χ0) is 15.9. The number of nitrogens with two attached hydrogens (primary N) is 1. The maximum absolute atomic E-state index is 12.3. The smallest absolute Gasteiger partial charge is 0.284 e. The number of hydrogen-bond acceptors (Lipinski definition) is 9. The zero-order valence-corrected chi connectivity index (χ0v) is 12.1. The standard InChI is InChI=1S/C11H15F2N5O3S/c12-11(13)22-1-4-6(19)7(20)10(21-4)18-3-17-5-8(14)15-2-16-9(5)18/h3-7,10-11,19-20H,1-2H2,(H2,14,15)/t4-,5?,6-,7-,10?/m1/s1. The van der Waals surface area contributed by atoms with Gasteiger partial charge in [0, 0.05) is 5.75 Å². The summed E-state index contributed by atoms with van der Waals surface area (Å²) in [5.41, 5.74) is 5.74. The van der Waals surface area contributed by atoms with Crippen molar-refractivity contribution < 1.29 is 23.7 Å². The molecule has 1 saturated heterocycles. The summed E-state index contributed by atoms with van der Waals surface area (Å²) in [4.78, 5) is 13.7. The summed E-state index contributed by atoms with van der Waals surface area (Å²) in [6.45, 7) is 0.146. The number of fused-ring (bicyclic) bond motifs is 1. The third-order valence-corrected chi connectivity index (χ3v) is 4.39. The number of ether oxygens (including phenoxy) is 1. The lowest BCUT2D eigenvalue weighted by atomic mass is 10.1. The van der Waals surface area contributed by atoms with Crippen molar-refractivity contribution in [1.82, 2.24) is 4.90 Å². The van der Waals surface area contributed by atoms with E-state index in [-0.39, 0.29) is 12.4 Å². The third kappa shape index (κ3) is 2.69. The SMILES string of the molecule is NC1=NCN=C2C1N=CN2C1O[C@H](CSC(F)F)[C@@H](O)[C@H]1O. The molecule has 11 heteroatoms. The van der Waals surface area contributed by atoms with E-state index in [0.29, 0.717) is 23.4 Å². The number of rotatable bonds is 4. The van der Waals surface area contributed by atoms with Gasteiger partial charge in [0.05, 0.1) is 12.4 Å². The molecular weight excluding hydrogens is 320 g/mol. The number of halogens is 2. The predicted molar refractivity (Wildman–Crippen MR) is 77.2 cm³/mol. The van der Waals surface area contributed by atoms with Crippen LogP contribution >= 0.6 is 11.8 Å². The lowest BCUT2D eigenvalue weighted by molar-refractivity contribution is -0.0297. The molecule has 0 bridgehead atoms. The van der Waals surface area contributed by atoms with E-state index in [9.17, 15) is 19.0 Å². The van der Waals surface area contributed by atoms with Crippen molar-refractivity contribution in [2.24, 2.45) is 20.7 Å². The summed E-state index contributed by atoms with van der Waals surface area (Å²) in [5, 5.41) is 20.1. The molecule has 2 unspecified atom stereocenters. The van der Waals surface area contributed by atoms with Crippen molar-refractivity contribution in [3.05, 3.63) is 0 Å². The Kier molecular flexibility index (Phi) is 4.30. The van der Waals surface area contributed by atoms with Gasteiger partial charge in [-0.05, 0) is 0 Å². The normalized spacial score (nSPS) is 37.5. The first-order chi connectivity index (χ1) is 10.5. The molecule has 0 radical (unpaired) electrons. The van der Waals surface area contributed by atoms with Gasteiger partial charge in [0.25, 0.3) is 5.76 Å². The number of alkyl halides is 2. The lowest BCUT2D eigenvalue weighted by Crippen LogP contribution is -2.49. The van der Waals surface area contributed by atoms with Gasteiger partial charge in [-0.15, -0.1) is 0 Å². The number of thioether (sulfide) groups is 1. The summed E-state index contributed by atoms with van der Waals surface area (Å²) < 4.78 is 30.0. The molecule has 0 aliphatic carbocycles. The van der Waals surface area contributed by atoms with Crippen molar-refractivity contribution in [3.8, 4) is 0 Å². The number of aliphatic imine (C=N–C) groups is 3. The van der Waals surface area contributed by atoms with Crippen LogP contribution in [0.1, 0.15) is 0 Å². The van der Waals surface area contributed by atoms with E-state index in [1.54, 1.807) is 0 Å². The molecule has 0 aromatic rings. The second-order valence-electron chi connectivity index (χ2n) is 4.96. The van der Waals surface area contributed by atoms with E-state index in [0.717, 1.165) is 0 Å². The molecule has 3 aliphatic rings. The highest BCUT2D eigenvalue weighted by atomic mass is 32.2. The van der Waals surface area contributed by atoms with Gasteiger partial charge in [0.15, 0.2) is 12.3 Å². The number of aliphatic hydroxyl groups is 2. The van der Waals surface area contributed by atoms with Crippen LogP contribution in [0.25, 0.3) is 0 Å². The Morgan fingerprint density at radius 3 is 2.91 bits per heavy atom. The highest BCUT2D eigenvalue weighted by Gasteiger charge is 2.48. The minimum Gasteiger partial charge on any atom is -0.387 e. The van der Waals surface area contributed by atoms with E-state index in [1.807, 2.05) is 0 Å². The molecule has 22 heavy (non-hydrogen) atoms. The molecule has 3 rings (SSSR count). The minimum absolute atomic E-state index is 0.128. The molecule has 0 aromatic heterocycles. The number of hydrogen-bond donors (Lipinski definition) is 3. The number of aliphatic hydroxyl groups excluding tert-OH is 2. The molecule has 0 spiro atoms. The molecule has 3 heterocycles. The summed E-state index contributed by atoms with van der Waals surface area (Å²) in [6.07, 6.45) is -2.98. The first-order valence-electron chi connectivity index (χ1n) is 6.56. The maximum atomic E-state index is 12.3. The molecule has 4 N–H and O–H groups in total. The Hall–Kier alpha value is -1.30. The summed E-state index contributed by atoms with van der Waals surface area (Å²) in [7, 11) is 0. The van der Waals surface area contributed by atoms with Gasteiger partial charge in [-0.1, -0.05) is 11.8 Å². The third-order valence-electron chi connectivity index (χ3n) is 3.61. The Morgan fingerprint density at radius 1 is 1.41 bits per heavy atom. The van der Waals surface area contributed by atoms with Gasteiger partial charge in [-0.3, -0.25) is 9.89 Å². The molecule has 122 valence electrons. The van der Waals surface area contributed by atoms with Crippen LogP contribution in [0.15, 0.2) is 15.0 Å². The van der Waals surface area contributed by atoms with Crippen LogP contribution in [0, 0.1) is 0 Å². The highest BCUT2D eigenvalue weighted by Crippen LogP contribution is 2.30. The van der Waals surface area contributed by atoms with Gasteiger partial charge < -0.3 is 20.7 Å². The Bertz CT molecular complexity index is 532. The van der Waals surface area contributed by atoms with Gasteiger partial charge >= 0.3 is 0 Å². The molecule has 0 amide bonds. The number of amidine groups is 2. The molecule has 3 aliphatic heterocycles. The van der Waals surface area contributed by atoms with E-state index < -0.39 is 36.3 Å². The van der Waals surface area contributed by atoms with Crippen molar-refractivity contribution in [3.63, 3.8) is 0 Å². The second kappa shape index (κ2) is 6.07. The molecule has 8 nitrogen and oxygen atoms in total. The Morgan fingerprint density at radius 2 is 2.18 bits per heavy atom. The van der Waals surface area contributed by atoms with Crippen molar-refractivity contribution in [1.29, 1.82) is 0 Å². The molecule has 0 saturated carbocycles. The van der Waals surface area contributed by atoms with Gasteiger partial charge in [0.1, 0.15) is 30.5 Å². The van der Waals surface area contributed by atoms with Crippen LogP contribution in [0.5, 0.6) is 0 Å². The van der Waals surface area contributed by atoms with Gasteiger partial charge in [0.2, 0.25) is 0 Å². The molecule has 5 atom stereocenters. The van der Waals surface area contributed by atoms with Crippen molar-refractivity contribution in [2.75, 3.05) is 12.4 Å². The topological polar surface area (TPSA) is 116 Å². The van der Waals surface area contributed by atoms with E-state index >= 15 is 0 Å². The van der Waals surface area contributed by atoms with E-state index in [4.69, 9.17) is 10.5 Å². The average Bonchev–Trinajstić information content (AvgIpc) is 3.01. The van der Waals surface area contributed by atoms with Crippen LogP contribution < -0.4 is 5.73 Å². The van der Waals surface area contributed by atoms with Crippen molar-refractivity contribution in [2.45, 2.75) is 36.3 Å². The zero-order valence-electron chi connectivity index (χ0n) is 11.3. The Labute approximate surface area is 128 Å². The fraction of sp³-hybridized carbons (Fsp3) is 0.727. The average molecular weight is 335 g/mol. The Balaban J connectivity index is 1.71.